The van der Waals surface area contributed by atoms with E-state index in [2.05, 4.69) is 5.32 Å². The summed E-state index contributed by atoms with van der Waals surface area (Å²) in [6.45, 7) is 3.78. The van der Waals surface area contributed by atoms with E-state index in [1.54, 1.807) is 6.07 Å². The van der Waals surface area contributed by atoms with Gasteiger partial charge >= 0.3 is 6.09 Å². The number of rotatable bonds is 2. The molecule has 1 saturated heterocycles. The van der Waals surface area contributed by atoms with Gasteiger partial charge in [-0.15, -0.1) is 0 Å². The van der Waals surface area contributed by atoms with Gasteiger partial charge in [0.1, 0.15) is 11.9 Å². The van der Waals surface area contributed by atoms with Crippen molar-refractivity contribution in [1.82, 2.24) is 4.90 Å². The van der Waals surface area contributed by atoms with E-state index in [4.69, 9.17) is 4.74 Å². The SMILES string of the molecule is COC(=O)N1[C@@H](C(=O)Nc2cccc(F)c2)CCC1(C)C. The van der Waals surface area contributed by atoms with Crippen molar-refractivity contribution in [2.24, 2.45) is 0 Å². The van der Waals surface area contributed by atoms with Crippen LogP contribution >= 0.6 is 0 Å². The van der Waals surface area contributed by atoms with Gasteiger partial charge < -0.3 is 10.1 Å². The molecule has 6 heteroatoms. The van der Waals surface area contributed by atoms with Gasteiger partial charge in [-0.2, -0.15) is 0 Å². The molecule has 0 unspecified atom stereocenters. The molecule has 0 radical (unpaired) electrons. The fourth-order valence-electron chi connectivity index (χ4n) is 2.67. The number of ether oxygens (including phenoxy) is 1. The van der Waals surface area contributed by atoms with Crippen molar-refractivity contribution < 1.29 is 18.7 Å². The van der Waals surface area contributed by atoms with Crippen LogP contribution in [0.4, 0.5) is 14.9 Å². The lowest BCUT2D eigenvalue weighted by molar-refractivity contribution is -0.120. The van der Waals surface area contributed by atoms with Gasteiger partial charge in [0, 0.05) is 11.2 Å². The molecular formula is C15H19FN2O3. The third-order valence-electron chi connectivity index (χ3n) is 3.76. The number of carbonyl (C=O) groups excluding carboxylic acids is 2. The molecule has 1 aliphatic heterocycles. The Kier molecular flexibility index (Phi) is 4.16. The minimum atomic E-state index is -0.615. The lowest BCUT2D eigenvalue weighted by Gasteiger charge is -2.33. The van der Waals surface area contributed by atoms with E-state index < -0.39 is 23.5 Å². The van der Waals surface area contributed by atoms with Crippen molar-refractivity contribution in [3.05, 3.63) is 30.1 Å². The van der Waals surface area contributed by atoms with Gasteiger partial charge in [0.25, 0.3) is 0 Å². The third-order valence-corrected chi connectivity index (χ3v) is 3.76. The van der Waals surface area contributed by atoms with E-state index in [-0.39, 0.29) is 5.91 Å². The molecule has 1 atom stereocenters. The summed E-state index contributed by atoms with van der Waals surface area (Å²) < 4.78 is 17.9. The second kappa shape index (κ2) is 5.71. The van der Waals surface area contributed by atoms with Gasteiger partial charge in [0.15, 0.2) is 0 Å². The molecule has 0 aliphatic carbocycles. The Bertz CT molecular complexity index is 560. The summed E-state index contributed by atoms with van der Waals surface area (Å²) in [5, 5.41) is 2.64. The Morgan fingerprint density at radius 2 is 2.14 bits per heavy atom. The Hall–Kier alpha value is -2.11. The predicted octanol–water partition coefficient (Wildman–Crippen LogP) is 2.77. The maximum atomic E-state index is 13.1. The van der Waals surface area contributed by atoms with Gasteiger partial charge in [-0.05, 0) is 44.9 Å². The fourth-order valence-corrected chi connectivity index (χ4v) is 2.67. The van der Waals surface area contributed by atoms with E-state index in [1.165, 1.54) is 30.2 Å². The number of nitrogens with one attached hydrogen (secondary N) is 1. The highest BCUT2D eigenvalue weighted by atomic mass is 19.1. The summed E-state index contributed by atoms with van der Waals surface area (Å²) in [5.74, 6) is -0.763. The average Bonchev–Trinajstić information content (AvgIpc) is 2.73. The molecule has 1 N–H and O–H groups in total. The number of likely N-dealkylation sites (tertiary alicyclic amines) is 1. The van der Waals surface area contributed by atoms with Crippen LogP contribution in [0.2, 0.25) is 0 Å². The van der Waals surface area contributed by atoms with Crippen molar-refractivity contribution in [2.75, 3.05) is 12.4 Å². The van der Waals surface area contributed by atoms with Crippen molar-refractivity contribution >= 4 is 17.7 Å². The number of anilines is 1. The first-order valence-corrected chi connectivity index (χ1v) is 6.79. The second-order valence-corrected chi connectivity index (χ2v) is 5.71. The van der Waals surface area contributed by atoms with Gasteiger partial charge in [-0.25, -0.2) is 9.18 Å². The van der Waals surface area contributed by atoms with Crippen molar-refractivity contribution in [3.63, 3.8) is 0 Å². The van der Waals surface area contributed by atoms with Crippen LogP contribution in [0.3, 0.4) is 0 Å². The largest absolute Gasteiger partial charge is 0.453 e. The first kappa shape index (κ1) is 15.3. The van der Waals surface area contributed by atoms with Crippen molar-refractivity contribution in [1.29, 1.82) is 0 Å². The van der Waals surface area contributed by atoms with E-state index in [9.17, 15) is 14.0 Å². The number of nitrogens with zero attached hydrogens (tertiary/aromatic N) is 1. The first-order chi connectivity index (χ1) is 9.85. The molecule has 114 valence electrons. The Balaban J connectivity index is 2.16. The van der Waals surface area contributed by atoms with Gasteiger partial charge in [-0.3, -0.25) is 9.69 Å². The van der Waals surface area contributed by atoms with Crippen LogP contribution in [0.25, 0.3) is 0 Å². The van der Waals surface area contributed by atoms with E-state index >= 15 is 0 Å². The van der Waals surface area contributed by atoms with Gasteiger partial charge in [0.05, 0.1) is 7.11 Å². The third kappa shape index (κ3) is 3.15. The van der Waals surface area contributed by atoms with Crippen LogP contribution in [0.1, 0.15) is 26.7 Å². The molecule has 2 amide bonds. The highest BCUT2D eigenvalue weighted by Gasteiger charge is 2.46. The highest BCUT2D eigenvalue weighted by Crippen LogP contribution is 2.34. The number of carbonyl (C=O) groups is 2. The maximum absolute atomic E-state index is 13.1. The number of amides is 2. The van der Waals surface area contributed by atoms with E-state index in [1.807, 2.05) is 13.8 Å². The van der Waals surface area contributed by atoms with Crippen LogP contribution in [0.5, 0.6) is 0 Å². The minimum absolute atomic E-state index is 0.337. The van der Waals surface area contributed by atoms with Crippen molar-refractivity contribution in [3.8, 4) is 0 Å². The molecule has 1 aromatic rings. The molecule has 1 heterocycles. The monoisotopic (exact) mass is 294 g/mol. The molecule has 1 aromatic carbocycles. The summed E-state index contributed by atoms with van der Waals surface area (Å²) in [6.07, 6.45) is 0.712. The quantitative estimate of drug-likeness (QED) is 0.912. The molecule has 2 rings (SSSR count). The van der Waals surface area contributed by atoms with Gasteiger partial charge in [-0.1, -0.05) is 6.07 Å². The highest BCUT2D eigenvalue weighted by molar-refractivity contribution is 5.97. The number of hydrogen-bond donors (Lipinski definition) is 1. The molecule has 1 fully saturated rings. The zero-order chi connectivity index (χ0) is 15.6. The maximum Gasteiger partial charge on any atom is 0.410 e. The van der Waals surface area contributed by atoms with Crippen LogP contribution in [0, 0.1) is 5.82 Å². The second-order valence-electron chi connectivity index (χ2n) is 5.71. The summed E-state index contributed by atoms with van der Waals surface area (Å²) in [7, 11) is 1.29. The zero-order valence-electron chi connectivity index (χ0n) is 12.4. The topological polar surface area (TPSA) is 58.6 Å². The Morgan fingerprint density at radius 1 is 1.43 bits per heavy atom. The standard InChI is InChI=1S/C15H19FN2O3/c1-15(2)8-7-12(18(15)14(20)21-3)13(19)17-11-6-4-5-10(16)9-11/h4-6,9,12H,7-8H2,1-3H3,(H,17,19)/t12-/m1/s1. The summed E-state index contributed by atoms with van der Waals surface area (Å²) in [5.41, 5.74) is -0.0775. The number of benzene rings is 1. The average molecular weight is 294 g/mol. The smallest absolute Gasteiger partial charge is 0.410 e. The fraction of sp³-hybridized carbons (Fsp3) is 0.467. The Labute approximate surface area is 123 Å². The number of halogens is 1. The summed E-state index contributed by atoms with van der Waals surface area (Å²) in [4.78, 5) is 25.7. The number of methoxy groups -OCH3 is 1. The van der Waals surface area contributed by atoms with Crippen LogP contribution in [0.15, 0.2) is 24.3 Å². The lowest BCUT2D eigenvalue weighted by atomic mass is 10.0. The van der Waals surface area contributed by atoms with Crippen LogP contribution < -0.4 is 5.32 Å². The molecule has 21 heavy (non-hydrogen) atoms. The molecule has 1 aliphatic rings. The van der Waals surface area contributed by atoms with E-state index in [0.717, 1.165) is 0 Å². The molecule has 0 spiro atoms. The molecule has 5 nitrogen and oxygen atoms in total. The molecular weight excluding hydrogens is 275 g/mol. The normalized spacial score (nSPS) is 20.2. The molecule has 0 aromatic heterocycles. The van der Waals surface area contributed by atoms with Gasteiger partial charge in [0.2, 0.25) is 5.91 Å². The lowest BCUT2D eigenvalue weighted by Crippen LogP contribution is -2.51. The minimum Gasteiger partial charge on any atom is -0.453 e. The predicted molar refractivity (Wildman–Crippen MR) is 76.4 cm³/mol. The summed E-state index contributed by atoms with van der Waals surface area (Å²) in [6, 6.07) is 5.04. The zero-order valence-corrected chi connectivity index (χ0v) is 12.4. The Morgan fingerprint density at radius 3 is 2.76 bits per heavy atom. The molecule has 0 bridgehead atoms. The van der Waals surface area contributed by atoms with E-state index in [0.29, 0.717) is 18.5 Å². The van der Waals surface area contributed by atoms with Crippen LogP contribution in [-0.2, 0) is 9.53 Å². The first-order valence-electron chi connectivity index (χ1n) is 6.79. The summed E-state index contributed by atoms with van der Waals surface area (Å²) >= 11 is 0. The molecule has 0 saturated carbocycles. The number of hydrogen-bond acceptors (Lipinski definition) is 3. The van der Waals surface area contributed by atoms with Crippen LogP contribution in [-0.4, -0.2) is 35.6 Å². The van der Waals surface area contributed by atoms with Crippen molar-refractivity contribution in [2.45, 2.75) is 38.3 Å².